The van der Waals surface area contributed by atoms with Crippen molar-refractivity contribution >= 4 is 5.97 Å². The second-order valence-electron chi connectivity index (χ2n) is 9.57. The number of nitriles is 1. The number of carbonyl (C=O) groups is 1. The second kappa shape index (κ2) is 10.5. The smallest absolute Gasteiger partial charge is 0.343 e. The minimum Gasteiger partial charge on any atom is -0.423 e. The summed E-state index contributed by atoms with van der Waals surface area (Å²) >= 11 is 0. The summed E-state index contributed by atoms with van der Waals surface area (Å²) in [7, 11) is 0. The number of rotatable bonds is 6. The topological polar surface area (TPSA) is 50.1 Å². The van der Waals surface area contributed by atoms with E-state index in [4.69, 9.17) is 10.00 Å². The van der Waals surface area contributed by atoms with E-state index in [2.05, 4.69) is 6.58 Å². The summed E-state index contributed by atoms with van der Waals surface area (Å²) in [5.74, 6) is -1.80. The van der Waals surface area contributed by atoms with Gasteiger partial charge in [-0.15, -0.1) is 6.58 Å². The lowest BCUT2D eigenvalue weighted by Gasteiger charge is -2.42. The van der Waals surface area contributed by atoms with E-state index >= 15 is 4.39 Å². The van der Waals surface area contributed by atoms with Gasteiger partial charge in [-0.1, -0.05) is 18.6 Å². The van der Waals surface area contributed by atoms with Crippen LogP contribution in [-0.2, 0) is 0 Å². The summed E-state index contributed by atoms with van der Waals surface area (Å²) in [6.45, 7) is 3.82. The molecule has 0 aliphatic heterocycles. The van der Waals surface area contributed by atoms with E-state index < -0.39 is 29.0 Å². The highest BCUT2D eigenvalue weighted by Crippen LogP contribution is 2.48. The molecule has 4 atom stereocenters. The summed E-state index contributed by atoms with van der Waals surface area (Å²) in [5, 5.41) is 8.74. The molecule has 3 nitrogen and oxygen atoms in total. The van der Waals surface area contributed by atoms with Gasteiger partial charge < -0.3 is 4.74 Å². The third kappa shape index (κ3) is 5.19. The van der Waals surface area contributed by atoms with Crippen LogP contribution in [0.2, 0.25) is 0 Å². The number of ether oxygens (including phenoxy) is 1. The van der Waals surface area contributed by atoms with Gasteiger partial charge >= 0.3 is 5.97 Å². The molecular weight excluding hydrogens is 439 g/mol. The van der Waals surface area contributed by atoms with E-state index in [1.54, 1.807) is 6.07 Å². The Balaban J connectivity index is 1.40. The summed E-state index contributed by atoms with van der Waals surface area (Å²) < 4.78 is 47.5. The van der Waals surface area contributed by atoms with Crippen molar-refractivity contribution in [2.75, 3.05) is 0 Å². The molecule has 0 saturated heterocycles. The molecule has 2 aromatic carbocycles. The standard InChI is InChI=1S/C28H28F3NO2/c1-2-3-4-17-5-6-19-12-20(8-7-18(19)11-17)23-10-9-21(13-25(23)29)28(33)34-22-14-26(30)24(16-32)27(31)15-22/h2,9-10,13-15,17-20H,1,3-8,11-12H2. The minimum atomic E-state index is -1.13. The van der Waals surface area contributed by atoms with Crippen LogP contribution >= 0.6 is 0 Å². The molecule has 2 aliphatic carbocycles. The number of nitrogens with zero attached hydrogens (tertiary/aromatic N) is 1. The predicted octanol–water partition coefficient (Wildman–Crippen LogP) is 7.46. The molecule has 2 aromatic rings. The Morgan fingerprint density at radius 1 is 1.03 bits per heavy atom. The molecule has 6 heteroatoms. The highest BCUT2D eigenvalue weighted by Gasteiger charge is 2.36. The lowest BCUT2D eigenvalue weighted by Crippen LogP contribution is -2.30. The highest BCUT2D eigenvalue weighted by atomic mass is 19.1. The highest BCUT2D eigenvalue weighted by molar-refractivity contribution is 5.91. The molecule has 0 amide bonds. The molecule has 34 heavy (non-hydrogen) atoms. The Labute approximate surface area is 198 Å². The van der Waals surface area contributed by atoms with Crippen molar-refractivity contribution in [3.05, 3.63) is 77.1 Å². The summed E-state index contributed by atoms with van der Waals surface area (Å²) in [4.78, 5) is 12.4. The molecule has 2 aliphatic rings. The van der Waals surface area contributed by atoms with Crippen molar-refractivity contribution in [3.63, 3.8) is 0 Å². The van der Waals surface area contributed by atoms with E-state index in [1.165, 1.54) is 37.8 Å². The third-order valence-electron chi connectivity index (χ3n) is 7.51. The van der Waals surface area contributed by atoms with E-state index in [0.29, 0.717) is 17.4 Å². The van der Waals surface area contributed by atoms with Gasteiger partial charge in [0.1, 0.15) is 34.8 Å². The lowest BCUT2D eigenvalue weighted by atomic mass is 9.63. The molecule has 0 radical (unpaired) electrons. The zero-order chi connectivity index (χ0) is 24.2. The quantitative estimate of drug-likeness (QED) is 0.252. The van der Waals surface area contributed by atoms with Gasteiger partial charge in [0.2, 0.25) is 0 Å². The molecule has 0 bridgehead atoms. The Bertz CT molecular complexity index is 1100. The molecule has 0 N–H and O–H groups in total. The monoisotopic (exact) mass is 467 g/mol. The average molecular weight is 468 g/mol. The van der Waals surface area contributed by atoms with Gasteiger partial charge in [0.25, 0.3) is 0 Å². The Kier molecular flexibility index (Phi) is 7.41. The lowest BCUT2D eigenvalue weighted by molar-refractivity contribution is 0.0733. The molecule has 4 unspecified atom stereocenters. The maximum atomic E-state index is 15.0. The van der Waals surface area contributed by atoms with Crippen molar-refractivity contribution < 1.29 is 22.7 Å². The summed E-state index contributed by atoms with van der Waals surface area (Å²) in [5.41, 5.74) is -0.183. The number of hydrogen-bond donors (Lipinski definition) is 0. The number of benzene rings is 2. The number of halogens is 3. The van der Waals surface area contributed by atoms with Crippen LogP contribution in [0.15, 0.2) is 43.0 Å². The van der Waals surface area contributed by atoms with Gasteiger partial charge in [0, 0.05) is 12.1 Å². The van der Waals surface area contributed by atoms with Crippen molar-refractivity contribution in [1.29, 1.82) is 5.26 Å². The Morgan fingerprint density at radius 2 is 1.74 bits per heavy atom. The molecule has 0 aromatic heterocycles. The van der Waals surface area contributed by atoms with Crippen LogP contribution in [0.25, 0.3) is 0 Å². The number of esters is 1. The largest absolute Gasteiger partial charge is 0.423 e. The van der Waals surface area contributed by atoms with Crippen molar-refractivity contribution in [2.45, 2.75) is 57.3 Å². The SMILES string of the molecule is C=CCCC1CCC2CC(c3ccc(C(=O)Oc4cc(F)c(C#N)c(F)c4)cc3F)CCC2C1. The maximum absolute atomic E-state index is 15.0. The first kappa shape index (κ1) is 24.1. The van der Waals surface area contributed by atoms with Crippen LogP contribution in [0.5, 0.6) is 5.75 Å². The number of allylic oxidation sites excluding steroid dienone is 1. The van der Waals surface area contributed by atoms with Crippen LogP contribution < -0.4 is 4.74 Å². The van der Waals surface area contributed by atoms with E-state index in [9.17, 15) is 13.6 Å². The Morgan fingerprint density at radius 3 is 2.41 bits per heavy atom. The van der Waals surface area contributed by atoms with Gasteiger partial charge in [-0.05, 0) is 86.3 Å². The van der Waals surface area contributed by atoms with E-state index in [-0.39, 0.29) is 17.2 Å². The van der Waals surface area contributed by atoms with Gasteiger partial charge in [-0.25, -0.2) is 18.0 Å². The Hall–Kier alpha value is -3.07. The fraction of sp³-hybridized carbons (Fsp3) is 0.429. The first-order valence-corrected chi connectivity index (χ1v) is 11.9. The first-order chi connectivity index (χ1) is 16.4. The minimum absolute atomic E-state index is 0.0390. The molecule has 4 rings (SSSR count). The van der Waals surface area contributed by atoms with Gasteiger partial charge in [0.05, 0.1) is 5.56 Å². The van der Waals surface area contributed by atoms with Gasteiger partial charge in [-0.3, -0.25) is 0 Å². The van der Waals surface area contributed by atoms with E-state index in [0.717, 1.165) is 49.8 Å². The zero-order valence-corrected chi connectivity index (χ0v) is 19.0. The molecule has 2 saturated carbocycles. The van der Waals surface area contributed by atoms with Crippen molar-refractivity contribution in [1.82, 2.24) is 0 Å². The summed E-state index contributed by atoms with van der Waals surface area (Å²) in [6.07, 6.45) is 10.9. The zero-order valence-electron chi connectivity index (χ0n) is 19.0. The summed E-state index contributed by atoms with van der Waals surface area (Å²) in [6, 6.07) is 7.18. The van der Waals surface area contributed by atoms with Gasteiger partial charge in [0.15, 0.2) is 0 Å². The maximum Gasteiger partial charge on any atom is 0.343 e. The fourth-order valence-electron chi connectivity index (χ4n) is 5.75. The average Bonchev–Trinajstić information content (AvgIpc) is 2.82. The molecular formula is C28H28F3NO2. The first-order valence-electron chi connectivity index (χ1n) is 11.9. The van der Waals surface area contributed by atoms with Crippen LogP contribution in [0.3, 0.4) is 0 Å². The third-order valence-corrected chi connectivity index (χ3v) is 7.51. The van der Waals surface area contributed by atoms with Crippen molar-refractivity contribution in [3.8, 4) is 11.8 Å². The molecule has 178 valence electrons. The number of carbonyl (C=O) groups excluding carboxylic acids is 1. The molecule has 0 heterocycles. The van der Waals surface area contributed by atoms with E-state index in [1.807, 2.05) is 6.08 Å². The normalized spacial score (nSPS) is 24.1. The van der Waals surface area contributed by atoms with Crippen LogP contribution in [-0.4, -0.2) is 5.97 Å². The second-order valence-corrected chi connectivity index (χ2v) is 9.57. The fourth-order valence-corrected chi connectivity index (χ4v) is 5.75. The molecule has 0 spiro atoms. The van der Waals surface area contributed by atoms with Crippen molar-refractivity contribution in [2.24, 2.45) is 17.8 Å². The number of fused-ring (bicyclic) bond motifs is 1. The van der Waals surface area contributed by atoms with Crippen LogP contribution in [0.4, 0.5) is 13.2 Å². The number of hydrogen-bond acceptors (Lipinski definition) is 3. The van der Waals surface area contributed by atoms with Gasteiger partial charge in [-0.2, -0.15) is 5.26 Å². The predicted molar refractivity (Wildman–Crippen MR) is 123 cm³/mol. The molecule has 2 fully saturated rings. The van der Waals surface area contributed by atoms with Crippen LogP contribution in [0, 0.1) is 46.5 Å². The van der Waals surface area contributed by atoms with Crippen LogP contribution in [0.1, 0.15) is 78.8 Å².